The Morgan fingerprint density at radius 3 is 1.93 bits per heavy atom. The fraction of sp³-hybridized carbons (Fsp3) is 0.700. The molecular formula is C20H34O6S. The summed E-state index contributed by atoms with van der Waals surface area (Å²) in [4.78, 5) is 0. The second-order valence-corrected chi connectivity index (χ2v) is 10.0. The molecule has 1 unspecified atom stereocenters. The van der Waals surface area contributed by atoms with E-state index in [1.165, 1.54) is 0 Å². The summed E-state index contributed by atoms with van der Waals surface area (Å²) in [5.74, 6) is 0.274. The minimum Gasteiger partial charge on any atom is -0.445 e. The topological polar surface area (TPSA) is 82.1 Å². The van der Waals surface area contributed by atoms with E-state index >= 15 is 0 Å². The molecule has 0 saturated carbocycles. The minimum atomic E-state index is -4.69. The third kappa shape index (κ3) is 6.75. The molecule has 1 aromatic carbocycles. The first-order valence-electron chi connectivity index (χ1n) is 9.24. The number of ether oxygens (including phenoxy) is 3. The van der Waals surface area contributed by atoms with E-state index in [4.69, 9.17) is 14.2 Å². The highest BCUT2D eigenvalue weighted by molar-refractivity contribution is 7.87. The number of benzene rings is 1. The molecule has 0 aliphatic carbocycles. The van der Waals surface area contributed by atoms with Gasteiger partial charge in [0.1, 0.15) is 12.4 Å². The van der Waals surface area contributed by atoms with Crippen LogP contribution < -0.4 is 4.74 Å². The van der Waals surface area contributed by atoms with Crippen molar-refractivity contribution in [2.24, 2.45) is 5.41 Å². The number of rotatable bonds is 10. The standard InChI is InChI=1S/C20H34O6S/c1-8-24-15-20(25-9-2,27(21,22)23)26-17-12-10-16(11-13-17)19(6,7)14-18(3,4)5/h10-13H,8-9,14-15H2,1-7H3,(H,21,22,23). The maximum atomic E-state index is 12.0. The maximum absolute atomic E-state index is 12.0. The van der Waals surface area contributed by atoms with Crippen molar-refractivity contribution in [2.45, 2.75) is 65.4 Å². The molecule has 0 heterocycles. The zero-order chi connectivity index (χ0) is 20.9. The van der Waals surface area contributed by atoms with Gasteiger partial charge in [-0.25, -0.2) is 0 Å². The summed E-state index contributed by atoms with van der Waals surface area (Å²) in [7, 11) is -4.69. The van der Waals surface area contributed by atoms with Gasteiger partial charge in [-0.3, -0.25) is 4.55 Å². The summed E-state index contributed by atoms with van der Waals surface area (Å²) in [5, 5.41) is -2.29. The molecule has 27 heavy (non-hydrogen) atoms. The zero-order valence-electron chi connectivity index (χ0n) is 17.5. The van der Waals surface area contributed by atoms with Crippen LogP contribution >= 0.6 is 0 Å². The molecule has 0 radical (unpaired) electrons. The maximum Gasteiger partial charge on any atom is 0.364 e. The van der Waals surface area contributed by atoms with Crippen LogP contribution in [0.5, 0.6) is 5.75 Å². The summed E-state index contributed by atoms with van der Waals surface area (Å²) >= 11 is 0. The van der Waals surface area contributed by atoms with Crippen molar-refractivity contribution in [3.8, 4) is 5.75 Å². The molecular weight excluding hydrogens is 368 g/mol. The fourth-order valence-electron chi connectivity index (χ4n) is 3.33. The second kappa shape index (κ2) is 8.90. The van der Waals surface area contributed by atoms with Gasteiger partial charge >= 0.3 is 15.2 Å². The van der Waals surface area contributed by atoms with Gasteiger partial charge in [0, 0.05) is 13.2 Å². The largest absolute Gasteiger partial charge is 0.445 e. The third-order valence-corrected chi connectivity index (χ3v) is 5.23. The van der Waals surface area contributed by atoms with Crippen molar-refractivity contribution in [3.05, 3.63) is 29.8 Å². The lowest BCUT2D eigenvalue weighted by Crippen LogP contribution is -2.51. The highest BCUT2D eigenvalue weighted by atomic mass is 32.2. The van der Waals surface area contributed by atoms with Crippen molar-refractivity contribution in [3.63, 3.8) is 0 Å². The molecule has 1 atom stereocenters. The summed E-state index contributed by atoms with van der Waals surface area (Å²) in [5.41, 5.74) is 1.23. The van der Waals surface area contributed by atoms with E-state index in [1.807, 2.05) is 12.1 Å². The normalized spacial score (nSPS) is 15.4. The van der Waals surface area contributed by atoms with Crippen LogP contribution in [-0.4, -0.2) is 37.9 Å². The highest BCUT2D eigenvalue weighted by Gasteiger charge is 2.48. The first-order valence-corrected chi connectivity index (χ1v) is 10.7. The Morgan fingerprint density at radius 1 is 0.963 bits per heavy atom. The van der Waals surface area contributed by atoms with Crippen molar-refractivity contribution < 1.29 is 27.2 Å². The molecule has 0 aromatic heterocycles. The van der Waals surface area contributed by atoms with Crippen molar-refractivity contribution in [2.75, 3.05) is 19.8 Å². The second-order valence-electron chi connectivity index (χ2n) is 8.48. The van der Waals surface area contributed by atoms with Crippen LogP contribution in [0.25, 0.3) is 0 Å². The fourth-order valence-corrected chi connectivity index (χ4v) is 4.03. The van der Waals surface area contributed by atoms with Gasteiger partial charge in [0.05, 0.1) is 0 Å². The molecule has 0 aliphatic heterocycles. The Bertz CT molecular complexity index is 688. The summed E-state index contributed by atoms with van der Waals surface area (Å²) in [6, 6.07) is 7.18. The molecule has 1 rings (SSSR count). The Kier molecular flexibility index (Phi) is 7.88. The molecule has 0 fully saturated rings. The van der Waals surface area contributed by atoms with Gasteiger partial charge in [0.2, 0.25) is 0 Å². The van der Waals surface area contributed by atoms with Gasteiger partial charge in [-0.2, -0.15) is 8.42 Å². The van der Waals surface area contributed by atoms with Crippen molar-refractivity contribution >= 4 is 10.1 Å². The molecule has 7 heteroatoms. The molecule has 0 amide bonds. The monoisotopic (exact) mass is 402 g/mol. The van der Waals surface area contributed by atoms with Crippen molar-refractivity contribution in [1.29, 1.82) is 0 Å². The lowest BCUT2D eigenvalue weighted by atomic mass is 9.72. The van der Waals surface area contributed by atoms with E-state index in [-0.39, 0.29) is 29.8 Å². The van der Waals surface area contributed by atoms with Gasteiger partial charge in [0.15, 0.2) is 0 Å². The molecule has 1 N–H and O–H groups in total. The number of hydrogen-bond acceptors (Lipinski definition) is 5. The molecule has 0 bridgehead atoms. The Hall–Kier alpha value is -1.15. The van der Waals surface area contributed by atoms with E-state index in [2.05, 4.69) is 34.6 Å². The van der Waals surface area contributed by atoms with E-state index in [0.29, 0.717) is 0 Å². The smallest absolute Gasteiger partial charge is 0.364 e. The van der Waals surface area contributed by atoms with E-state index in [9.17, 15) is 13.0 Å². The molecule has 0 aliphatic rings. The zero-order valence-corrected chi connectivity index (χ0v) is 18.4. The quantitative estimate of drug-likeness (QED) is 0.462. The average molecular weight is 403 g/mol. The van der Waals surface area contributed by atoms with Gasteiger partial charge in [-0.15, -0.1) is 0 Å². The van der Waals surface area contributed by atoms with Crippen LogP contribution in [0.15, 0.2) is 24.3 Å². The summed E-state index contributed by atoms with van der Waals surface area (Å²) in [6.45, 7) is 14.1. The van der Waals surface area contributed by atoms with Crippen LogP contribution in [0, 0.1) is 5.41 Å². The lowest BCUT2D eigenvalue weighted by molar-refractivity contribution is -0.155. The Labute approximate surface area is 164 Å². The number of hydrogen-bond donors (Lipinski definition) is 1. The predicted molar refractivity (Wildman–Crippen MR) is 107 cm³/mol. The SMILES string of the molecule is CCOCC(OCC)(Oc1ccc(C(C)(C)CC(C)(C)C)cc1)S(=O)(=O)O. The molecule has 0 saturated heterocycles. The first-order chi connectivity index (χ1) is 12.3. The Morgan fingerprint density at radius 2 is 1.52 bits per heavy atom. The van der Waals surface area contributed by atoms with Gasteiger partial charge in [0.25, 0.3) is 0 Å². The van der Waals surface area contributed by atoms with Crippen LogP contribution in [0.1, 0.15) is 60.5 Å². The first kappa shape index (κ1) is 23.9. The molecule has 156 valence electrons. The average Bonchev–Trinajstić information content (AvgIpc) is 2.50. The third-order valence-electron chi connectivity index (χ3n) is 4.12. The summed E-state index contributed by atoms with van der Waals surface area (Å²) in [6.07, 6.45) is 0.985. The molecule has 1 aromatic rings. The Balaban J connectivity index is 3.14. The molecule has 0 spiro atoms. The van der Waals surface area contributed by atoms with E-state index in [1.54, 1.807) is 26.0 Å². The minimum absolute atomic E-state index is 0.0313. The van der Waals surface area contributed by atoms with Crippen LogP contribution in [-0.2, 0) is 25.0 Å². The van der Waals surface area contributed by atoms with Crippen molar-refractivity contribution in [1.82, 2.24) is 0 Å². The van der Waals surface area contributed by atoms with Gasteiger partial charge in [-0.05, 0) is 48.8 Å². The summed E-state index contributed by atoms with van der Waals surface area (Å²) < 4.78 is 49.7. The lowest BCUT2D eigenvalue weighted by Gasteiger charge is -2.33. The van der Waals surface area contributed by atoms with E-state index < -0.39 is 21.8 Å². The van der Waals surface area contributed by atoms with E-state index in [0.717, 1.165) is 12.0 Å². The highest BCUT2D eigenvalue weighted by Crippen LogP contribution is 2.37. The van der Waals surface area contributed by atoms with Gasteiger partial charge in [-0.1, -0.05) is 46.8 Å². The van der Waals surface area contributed by atoms with Crippen LogP contribution in [0.2, 0.25) is 0 Å². The van der Waals surface area contributed by atoms with Gasteiger partial charge < -0.3 is 14.2 Å². The van der Waals surface area contributed by atoms with Crippen LogP contribution in [0.4, 0.5) is 0 Å². The predicted octanol–water partition coefficient (Wildman–Crippen LogP) is 4.39. The van der Waals surface area contributed by atoms with Crippen LogP contribution in [0.3, 0.4) is 0 Å². The molecule has 6 nitrogen and oxygen atoms in total.